The minimum absolute atomic E-state index is 0.264. The van der Waals surface area contributed by atoms with Gasteiger partial charge in [0.15, 0.2) is 5.65 Å². The molecular weight excluding hydrogens is 261 g/mol. The molecular formula is C8H4BrF3N2. The lowest BCUT2D eigenvalue weighted by molar-refractivity contribution is -0.141. The average molecular weight is 265 g/mol. The molecule has 2 aromatic heterocycles. The van der Waals surface area contributed by atoms with Crippen LogP contribution in [0.4, 0.5) is 13.2 Å². The topological polar surface area (TPSA) is 17.3 Å². The molecule has 0 saturated heterocycles. The molecule has 2 rings (SSSR count). The van der Waals surface area contributed by atoms with Crippen molar-refractivity contribution in [3.05, 3.63) is 34.7 Å². The van der Waals surface area contributed by atoms with Crippen LogP contribution in [0.5, 0.6) is 0 Å². The quantitative estimate of drug-likeness (QED) is 0.715. The lowest BCUT2D eigenvalue weighted by atomic mass is 10.4. The number of pyridine rings is 1. The zero-order valence-electron chi connectivity index (χ0n) is 6.72. The maximum atomic E-state index is 12.4. The molecule has 0 spiro atoms. The summed E-state index contributed by atoms with van der Waals surface area (Å²) in [6, 6.07) is 3.16. The Hall–Kier alpha value is -1.04. The van der Waals surface area contributed by atoms with E-state index in [0.29, 0.717) is 4.47 Å². The first-order valence-electron chi connectivity index (χ1n) is 3.69. The number of hydrogen-bond donors (Lipinski definition) is 0. The van der Waals surface area contributed by atoms with Gasteiger partial charge in [0.1, 0.15) is 5.69 Å². The van der Waals surface area contributed by atoms with Gasteiger partial charge in [-0.25, -0.2) is 4.98 Å². The highest BCUT2D eigenvalue weighted by molar-refractivity contribution is 9.10. The van der Waals surface area contributed by atoms with Gasteiger partial charge < -0.3 is 0 Å². The molecule has 6 heteroatoms. The second-order valence-corrected chi connectivity index (χ2v) is 3.55. The molecule has 0 aromatic carbocycles. The monoisotopic (exact) mass is 264 g/mol. The molecule has 0 unspecified atom stereocenters. The first-order chi connectivity index (χ1) is 6.50. The van der Waals surface area contributed by atoms with E-state index in [0.717, 1.165) is 10.6 Å². The number of fused-ring (bicyclic) bond motifs is 1. The fourth-order valence-electron chi connectivity index (χ4n) is 1.19. The number of alkyl halides is 3. The van der Waals surface area contributed by atoms with E-state index in [4.69, 9.17) is 0 Å². The molecule has 0 aliphatic rings. The Morgan fingerprint density at radius 1 is 1.36 bits per heavy atom. The number of halogens is 4. The zero-order valence-corrected chi connectivity index (χ0v) is 8.30. The minimum atomic E-state index is -4.37. The van der Waals surface area contributed by atoms with Crippen LogP contribution >= 0.6 is 15.9 Å². The minimum Gasteiger partial charge on any atom is -0.295 e. The Morgan fingerprint density at radius 3 is 2.71 bits per heavy atom. The molecule has 0 bridgehead atoms. The molecule has 0 amide bonds. The maximum Gasteiger partial charge on any atom is 0.433 e. The standard InChI is InChI=1S/C8H4BrF3N2/c9-5-2-1-3-14-6(8(10,11)12)4-13-7(5)14/h1-4H. The summed E-state index contributed by atoms with van der Waals surface area (Å²) in [5.41, 5.74) is -0.506. The van der Waals surface area contributed by atoms with Crippen molar-refractivity contribution in [3.63, 3.8) is 0 Å². The van der Waals surface area contributed by atoms with E-state index in [1.807, 2.05) is 0 Å². The van der Waals surface area contributed by atoms with E-state index < -0.39 is 11.9 Å². The molecule has 2 heterocycles. The van der Waals surface area contributed by atoms with Gasteiger partial charge in [-0.2, -0.15) is 13.2 Å². The predicted molar refractivity (Wildman–Crippen MR) is 47.9 cm³/mol. The molecule has 2 nitrogen and oxygen atoms in total. The van der Waals surface area contributed by atoms with Crippen molar-refractivity contribution in [1.82, 2.24) is 9.38 Å². The van der Waals surface area contributed by atoms with Gasteiger partial charge >= 0.3 is 6.18 Å². The number of nitrogens with zero attached hydrogens (tertiary/aromatic N) is 2. The molecule has 0 N–H and O–H groups in total. The summed E-state index contributed by atoms with van der Waals surface area (Å²) in [6.45, 7) is 0. The molecule has 0 aliphatic carbocycles. The highest BCUT2D eigenvalue weighted by Gasteiger charge is 2.34. The second kappa shape index (κ2) is 2.98. The van der Waals surface area contributed by atoms with Gasteiger partial charge in [0.25, 0.3) is 0 Å². The first-order valence-corrected chi connectivity index (χ1v) is 4.48. The lowest BCUT2D eigenvalue weighted by Gasteiger charge is -2.05. The fourth-order valence-corrected chi connectivity index (χ4v) is 1.63. The molecule has 74 valence electrons. The molecule has 14 heavy (non-hydrogen) atoms. The SMILES string of the molecule is FC(F)(F)c1cnc2c(Br)cccn12. The van der Waals surface area contributed by atoms with Gasteiger partial charge in [-0.05, 0) is 28.1 Å². The molecule has 0 aliphatic heterocycles. The molecule has 0 fully saturated rings. The predicted octanol–water partition coefficient (Wildman–Crippen LogP) is 3.12. The van der Waals surface area contributed by atoms with E-state index in [9.17, 15) is 13.2 Å². The van der Waals surface area contributed by atoms with Crippen molar-refractivity contribution in [2.75, 3.05) is 0 Å². The van der Waals surface area contributed by atoms with Crippen LogP contribution in [-0.2, 0) is 6.18 Å². The normalized spacial score (nSPS) is 12.3. The second-order valence-electron chi connectivity index (χ2n) is 2.69. The van der Waals surface area contributed by atoms with Gasteiger partial charge in [-0.15, -0.1) is 0 Å². The van der Waals surface area contributed by atoms with Gasteiger partial charge in [-0.3, -0.25) is 4.40 Å². The summed E-state index contributed by atoms with van der Waals surface area (Å²) in [5.74, 6) is 0. The maximum absolute atomic E-state index is 12.4. The molecule has 0 atom stereocenters. The first kappa shape index (κ1) is 9.51. The lowest BCUT2D eigenvalue weighted by Crippen LogP contribution is -2.08. The Labute approximate surface area is 85.5 Å². The summed E-state index contributed by atoms with van der Waals surface area (Å²) in [7, 11) is 0. The summed E-state index contributed by atoms with van der Waals surface area (Å²) in [5, 5.41) is 0. The van der Waals surface area contributed by atoms with E-state index in [1.54, 1.807) is 6.07 Å². The Balaban J connectivity index is 2.76. The van der Waals surface area contributed by atoms with Crippen LogP contribution in [0.2, 0.25) is 0 Å². The third-order valence-corrected chi connectivity index (χ3v) is 2.40. The van der Waals surface area contributed by atoms with E-state index >= 15 is 0 Å². The Kier molecular flexibility index (Phi) is 2.02. The van der Waals surface area contributed by atoms with E-state index in [2.05, 4.69) is 20.9 Å². The van der Waals surface area contributed by atoms with Crippen LogP contribution in [0.1, 0.15) is 5.69 Å². The number of imidazole rings is 1. The fraction of sp³-hybridized carbons (Fsp3) is 0.125. The third kappa shape index (κ3) is 1.39. The van der Waals surface area contributed by atoms with Gasteiger partial charge in [0.05, 0.1) is 10.7 Å². The molecule has 0 radical (unpaired) electrons. The smallest absolute Gasteiger partial charge is 0.295 e. The van der Waals surface area contributed by atoms with Crippen LogP contribution < -0.4 is 0 Å². The van der Waals surface area contributed by atoms with Crippen molar-refractivity contribution in [3.8, 4) is 0 Å². The van der Waals surface area contributed by atoms with Crippen LogP contribution in [0.3, 0.4) is 0 Å². The van der Waals surface area contributed by atoms with Gasteiger partial charge in [0, 0.05) is 6.20 Å². The van der Waals surface area contributed by atoms with Crippen LogP contribution in [0, 0.1) is 0 Å². The Morgan fingerprint density at radius 2 is 2.07 bits per heavy atom. The van der Waals surface area contributed by atoms with Crippen molar-refractivity contribution in [1.29, 1.82) is 0 Å². The van der Waals surface area contributed by atoms with Crippen LogP contribution in [0.25, 0.3) is 5.65 Å². The Bertz CT molecular complexity index is 475. The largest absolute Gasteiger partial charge is 0.433 e. The number of aromatic nitrogens is 2. The van der Waals surface area contributed by atoms with Crippen molar-refractivity contribution in [2.24, 2.45) is 0 Å². The van der Waals surface area contributed by atoms with Crippen LogP contribution in [-0.4, -0.2) is 9.38 Å². The van der Waals surface area contributed by atoms with Crippen molar-refractivity contribution in [2.45, 2.75) is 6.18 Å². The highest BCUT2D eigenvalue weighted by atomic mass is 79.9. The number of hydrogen-bond acceptors (Lipinski definition) is 1. The summed E-state index contributed by atoms with van der Waals surface area (Å²) < 4.78 is 38.8. The van der Waals surface area contributed by atoms with E-state index in [1.165, 1.54) is 12.3 Å². The molecule has 2 aromatic rings. The summed E-state index contributed by atoms with van der Waals surface area (Å²) in [4.78, 5) is 3.68. The molecule has 0 saturated carbocycles. The zero-order chi connectivity index (χ0) is 10.3. The summed E-state index contributed by atoms with van der Waals surface area (Å²) in [6.07, 6.45) is -2.23. The van der Waals surface area contributed by atoms with Crippen molar-refractivity contribution < 1.29 is 13.2 Å². The average Bonchev–Trinajstić information content (AvgIpc) is 2.47. The van der Waals surface area contributed by atoms with Gasteiger partial charge in [0.2, 0.25) is 0 Å². The van der Waals surface area contributed by atoms with Crippen LogP contribution in [0.15, 0.2) is 29.0 Å². The number of rotatable bonds is 0. The highest BCUT2D eigenvalue weighted by Crippen LogP contribution is 2.30. The summed E-state index contributed by atoms with van der Waals surface area (Å²) >= 11 is 3.13. The third-order valence-electron chi connectivity index (χ3n) is 1.78. The van der Waals surface area contributed by atoms with E-state index in [-0.39, 0.29) is 5.65 Å². The van der Waals surface area contributed by atoms with Gasteiger partial charge in [-0.1, -0.05) is 0 Å². The van der Waals surface area contributed by atoms with Crippen molar-refractivity contribution >= 4 is 21.6 Å².